The number of hydrogen-bond acceptors (Lipinski definition) is 6. The number of tetrazole rings is 1. The highest BCUT2D eigenvalue weighted by Gasteiger charge is 2.33. The first-order valence-corrected chi connectivity index (χ1v) is 12.0. The van der Waals surface area contributed by atoms with Crippen molar-refractivity contribution in [3.05, 3.63) is 78.2 Å². The molecule has 2 aromatic heterocycles. The zero-order chi connectivity index (χ0) is 22.0. The summed E-state index contributed by atoms with van der Waals surface area (Å²) >= 11 is 0. The molecule has 4 aromatic rings. The molecular weight excluding hydrogens is 410 g/mol. The molecule has 2 aliphatic rings. The predicted molar refractivity (Wildman–Crippen MR) is 129 cm³/mol. The molecule has 0 amide bonds. The molecule has 33 heavy (non-hydrogen) atoms. The van der Waals surface area contributed by atoms with Gasteiger partial charge in [0.15, 0.2) is 5.82 Å². The van der Waals surface area contributed by atoms with Gasteiger partial charge in [0.1, 0.15) is 0 Å². The normalized spacial score (nSPS) is 18.7. The van der Waals surface area contributed by atoms with Gasteiger partial charge in [-0.2, -0.15) is 0 Å². The number of aromatic nitrogens is 5. The Labute approximate surface area is 194 Å². The number of rotatable bonds is 5. The Morgan fingerprint density at radius 1 is 0.848 bits per heavy atom. The van der Waals surface area contributed by atoms with Gasteiger partial charge in [0.2, 0.25) is 0 Å². The summed E-state index contributed by atoms with van der Waals surface area (Å²) in [5, 5.41) is 14.4. The number of anilines is 1. The highest BCUT2D eigenvalue weighted by molar-refractivity contribution is 5.79. The lowest BCUT2D eigenvalue weighted by Gasteiger charge is -2.40. The monoisotopic (exact) mass is 439 g/mol. The number of nitrogens with zero attached hydrogens (tertiary/aromatic N) is 7. The van der Waals surface area contributed by atoms with Crippen LogP contribution in [0.1, 0.15) is 49.2 Å². The third-order valence-corrected chi connectivity index (χ3v) is 7.18. The molecule has 7 heteroatoms. The SMILES string of the molecule is c1ccc(N2CCN([C@H](c3ccc4ncccc4c3)c3nnnn3C3CCCC3)CC2)cc1. The summed E-state index contributed by atoms with van der Waals surface area (Å²) in [7, 11) is 0. The molecule has 0 bridgehead atoms. The highest BCUT2D eigenvalue weighted by Crippen LogP contribution is 2.35. The summed E-state index contributed by atoms with van der Waals surface area (Å²) in [4.78, 5) is 9.53. The van der Waals surface area contributed by atoms with E-state index in [1.807, 2.05) is 12.3 Å². The number of pyridine rings is 1. The van der Waals surface area contributed by atoms with Crippen molar-refractivity contribution in [2.24, 2.45) is 0 Å². The summed E-state index contributed by atoms with van der Waals surface area (Å²) in [5.41, 5.74) is 3.54. The molecule has 1 aliphatic carbocycles. The third-order valence-electron chi connectivity index (χ3n) is 7.18. The van der Waals surface area contributed by atoms with Crippen LogP contribution in [0.4, 0.5) is 5.69 Å². The maximum atomic E-state index is 4.60. The van der Waals surface area contributed by atoms with Crippen LogP contribution in [0.15, 0.2) is 66.9 Å². The second-order valence-corrected chi connectivity index (χ2v) is 9.14. The molecule has 0 unspecified atom stereocenters. The van der Waals surface area contributed by atoms with Crippen LogP contribution >= 0.6 is 0 Å². The van der Waals surface area contributed by atoms with Crippen molar-refractivity contribution in [3.8, 4) is 0 Å². The maximum absolute atomic E-state index is 4.60. The number of hydrogen-bond donors (Lipinski definition) is 0. The molecule has 3 heterocycles. The Morgan fingerprint density at radius 3 is 2.48 bits per heavy atom. The molecule has 0 spiro atoms. The van der Waals surface area contributed by atoms with Crippen LogP contribution in [0.25, 0.3) is 10.9 Å². The Kier molecular flexibility index (Phi) is 5.48. The van der Waals surface area contributed by atoms with Crippen molar-refractivity contribution in [1.82, 2.24) is 30.1 Å². The van der Waals surface area contributed by atoms with Crippen LogP contribution in [-0.2, 0) is 0 Å². The molecular formula is C26H29N7. The topological polar surface area (TPSA) is 63.0 Å². The predicted octanol–water partition coefficient (Wildman–Crippen LogP) is 4.25. The molecule has 168 valence electrons. The fourth-order valence-corrected chi connectivity index (χ4v) is 5.45. The Bertz CT molecular complexity index is 1210. The van der Waals surface area contributed by atoms with E-state index < -0.39 is 0 Å². The lowest BCUT2D eigenvalue weighted by Crippen LogP contribution is -2.48. The van der Waals surface area contributed by atoms with Crippen molar-refractivity contribution in [1.29, 1.82) is 0 Å². The molecule has 2 aromatic carbocycles. The minimum Gasteiger partial charge on any atom is -0.369 e. The highest BCUT2D eigenvalue weighted by atomic mass is 15.6. The van der Waals surface area contributed by atoms with Crippen LogP contribution in [-0.4, -0.2) is 56.3 Å². The van der Waals surface area contributed by atoms with E-state index in [1.54, 1.807) is 0 Å². The average Bonchev–Trinajstić information content (AvgIpc) is 3.58. The molecule has 1 atom stereocenters. The molecule has 1 saturated carbocycles. The summed E-state index contributed by atoms with van der Waals surface area (Å²) in [6.07, 6.45) is 6.68. The molecule has 1 aliphatic heterocycles. The molecule has 1 saturated heterocycles. The lowest BCUT2D eigenvalue weighted by molar-refractivity contribution is 0.198. The van der Waals surface area contributed by atoms with Gasteiger partial charge in [0.05, 0.1) is 17.6 Å². The van der Waals surface area contributed by atoms with Crippen molar-refractivity contribution in [2.75, 3.05) is 31.1 Å². The van der Waals surface area contributed by atoms with E-state index in [1.165, 1.54) is 24.1 Å². The van der Waals surface area contributed by atoms with E-state index in [4.69, 9.17) is 0 Å². The minimum absolute atomic E-state index is 0.0307. The van der Waals surface area contributed by atoms with Gasteiger partial charge in [0.25, 0.3) is 0 Å². The van der Waals surface area contributed by atoms with Gasteiger partial charge >= 0.3 is 0 Å². The zero-order valence-corrected chi connectivity index (χ0v) is 18.8. The summed E-state index contributed by atoms with van der Waals surface area (Å²) in [6.45, 7) is 3.89. The smallest absolute Gasteiger partial charge is 0.173 e. The zero-order valence-electron chi connectivity index (χ0n) is 18.8. The summed E-state index contributed by atoms with van der Waals surface area (Å²) in [6, 6.07) is 21.9. The van der Waals surface area contributed by atoms with Crippen molar-refractivity contribution in [3.63, 3.8) is 0 Å². The standard InChI is InChI=1S/C26H29N7/c1-2-8-22(9-3-1)31-15-17-32(18-16-31)25(21-12-13-24-20(19-21)7-6-14-27-24)26-28-29-30-33(26)23-10-4-5-11-23/h1-3,6-9,12-14,19,23,25H,4-5,10-11,15-18H2/t25-/m1/s1. The maximum Gasteiger partial charge on any atom is 0.173 e. The fourth-order valence-electron chi connectivity index (χ4n) is 5.45. The first-order valence-electron chi connectivity index (χ1n) is 12.0. The van der Waals surface area contributed by atoms with Gasteiger partial charge in [-0.25, -0.2) is 4.68 Å². The molecule has 6 rings (SSSR count). The molecule has 0 N–H and O–H groups in total. The average molecular weight is 440 g/mol. The van der Waals surface area contributed by atoms with Crippen LogP contribution in [0.2, 0.25) is 0 Å². The van der Waals surface area contributed by atoms with E-state index in [-0.39, 0.29) is 6.04 Å². The van der Waals surface area contributed by atoms with Crippen LogP contribution in [0.3, 0.4) is 0 Å². The van der Waals surface area contributed by atoms with Gasteiger partial charge in [-0.1, -0.05) is 43.2 Å². The van der Waals surface area contributed by atoms with Crippen molar-refractivity contribution < 1.29 is 0 Å². The van der Waals surface area contributed by atoms with E-state index in [0.29, 0.717) is 6.04 Å². The second kappa shape index (κ2) is 8.90. The Hall–Kier alpha value is -3.32. The quantitative estimate of drug-likeness (QED) is 0.463. The molecule has 2 fully saturated rings. The first kappa shape index (κ1) is 20.3. The Balaban J connectivity index is 1.35. The fraction of sp³-hybridized carbons (Fsp3) is 0.385. The van der Waals surface area contributed by atoms with Crippen LogP contribution in [0, 0.1) is 0 Å². The van der Waals surface area contributed by atoms with Crippen molar-refractivity contribution in [2.45, 2.75) is 37.8 Å². The number of para-hydroxylation sites is 1. The van der Waals surface area contributed by atoms with E-state index >= 15 is 0 Å². The second-order valence-electron chi connectivity index (χ2n) is 9.14. The van der Waals surface area contributed by atoms with E-state index in [2.05, 4.69) is 89.6 Å². The van der Waals surface area contributed by atoms with E-state index in [0.717, 1.165) is 55.7 Å². The van der Waals surface area contributed by atoms with Crippen molar-refractivity contribution >= 4 is 16.6 Å². The van der Waals surface area contributed by atoms with Gasteiger partial charge in [-0.15, -0.1) is 5.10 Å². The minimum atomic E-state index is 0.0307. The molecule has 0 radical (unpaired) electrons. The molecule has 7 nitrogen and oxygen atoms in total. The van der Waals surface area contributed by atoms with Gasteiger partial charge in [-0.3, -0.25) is 9.88 Å². The summed E-state index contributed by atoms with van der Waals surface area (Å²) in [5.74, 6) is 0.971. The number of piperazine rings is 1. The number of fused-ring (bicyclic) bond motifs is 1. The van der Waals surface area contributed by atoms with Gasteiger partial charge in [-0.05, 0) is 59.2 Å². The number of benzene rings is 2. The van der Waals surface area contributed by atoms with Gasteiger partial charge < -0.3 is 4.90 Å². The van der Waals surface area contributed by atoms with Crippen LogP contribution in [0.5, 0.6) is 0 Å². The summed E-state index contributed by atoms with van der Waals surface area (Å²) < 4.78 is 2.12. The lowest BCUT2D eigenvalue weighted by atomic mass is 10.0. The van der Waals surface area contributed by atoms with Gasteiger partial charge in [0, 0.05) is 43.4 Å². The third kappa shape index (κ3) is 3.97. The largest absolute Gasteiger partial charge is 0.369 e. The first-order chi connectivity index (χ1) is 16.4. The Morgan fingerprint density at radius 2 is 1.67 bits per heavy atom. The van der Waals surface area contributed by atoms with E-state index in [9.17, 15) is 0 Å². The van der Waals surface area contributed by atoms with Crippen LogP contribution < -0.4 is 4.90 Å².